The summed E-state index contributed by atoms with van der Waals surface area (Å²) in [5.74, 6) is 1.78. The van der Waals surface area contributed by atoms with Gasteiger partial charge in [-0.05, 0) is 66.1 Å². The number of nitrogens with zero attached hydrogens (tertiary/aromatic N) is 1. The number of methoxy groups -OCH3 is 2. The van der Waals surface area contributed by atoms with Crippen molar-refractivity contribution in [2.75, 3.05) is 14.2 Å². The van der Waals surface area contributed by atoms with Crippen LogP contribution < -0.4 is 9.47 Å². The first-order valence-corrected chi connectivity index (χ1v) is 10.2. The van der Waals surface area contributed by atoms with Gasteiger partial charge < -0.3 is 9.47 Å². The number of hydrogen-bond donors (Lipinski definition) is 0. The Morgan fingerprint density at radius 2 is 1.71 bits per heavy atom. The highest BCUT2D eigenvalue weighted by Crippen LogP contribution is 2.46. The van der Waals surface area contributed by atoms with E-state index in [4.69, 9.17) is 14.5 Å². The first-order valence-electron chi connectivity index (χ1n) is 9.30. The van der Waals surface area contributed by atoms with E-state index in [2.05, 4.69) is 55.5 Å². The van der Waals surface area contributed by atoms with Gasteiger partial charge in [-0.3, -0.25) is 4.99 Å². The molecule has 0 amide bonds. The molecule has 1 unspecified atom stereocenters. The minimum absolute atomic E-state index is 0.286. The van der Waals surface area contributed by atoms with Crippen LogP contribution in [-0.4, -0.2) is 19.9 Å². The molecule has 3 nitrogen and oxygen atoms in total. The molecule has 3 aromatic carbocycles. The standard InChI is InChI=1S/C24H23NO2S/c1-16-14-18(10-13-22(16)27-3)24-15-21(17-8-11-19(26-2)12-9-17)25-20-6-4-5-7-23(20)28-24/h4-14,24H,15H2,1-3H3. The fraction of sp³-hybridized carbons (Fsp3) is 0.208. The van der Waals surface area contributed by atoms with E-state index in [0.29, 0.717) is 0 Å². The van der Waals surface area contributed by atoms with E-state index in [0.717, 1.165) is 40.4 Å². The third kappa shape index (κ3) is 3.78. The molecule has 1 heterocycles. The third-order valence-electron chi connectivity index (χ3n) is 4.98. The average molecular weight is 390 g/mol. The zero-order valence-electron chi connectivity index (χ0n) is 16.3. The monoisotopic (exact) mass is 389 g/mol. The van der Waals surface area contributed by atoms with Gasteiger partial charge in [-0.1, -0.05) is 24.3 Å². The molecule has 0 aliphatic carbocycles. The van der Waals surface area contributed by atoms with Crippen molar-refractivity contribution in [3.05, 3.63) is 83.4 Å². The normalized spacial score (nSPS) is 16.0. The van der Waals surface area contributed by atoms with E-state index in [9.17, 15) is 0 Å². The molecule has 142 valence electrons. The highest BCUT2D eigenvalue weighted by molar-refractivity contribution is 7.99. The lowest BCUT2D eigenvalue weighted by Crippen LogP contribution is -2.06. The number of rotatable bonds is 4. The van der Waals surface area contributed by atoms with Crippen LogP contribution in [-0.2, 0) is 0 Å². The minimum atomic E-state index is 0.286. The summed E-state index contributed by atoms with van der Waals surface area (Å²) < 4.78 is 10.7. The molecule has 3 aromatic rings. The summed E-state index contributed by atoms with van der Waals surface area (Å²) in [6.07, 6.45) is 0.859. The number of aliphatic imine (C=N–C) groups is 1. The van der Waals surface area contributed by atoms with Crippen molar-refractivity contribution in [3.8, 4) is 11.5 Å². The Hall–Kier alpha value is -2.72. The zero-order chi connectivity index (χ0) is 19.5. The van der Waals surface area contributed by atoms with Gasteiger partial charge in [0.25, 0.3) is 0 Å². The molecule has 1 aliphatic heterocycles. The van der Waals surface area contributed by atoms with Crippen LogP contribution in [0, 0.1) is 6.92 Å². The quantitative estimate of drug-likeness (QED) is 0.519. The molecule has 0 radical (unpaired) electrons. The summed E-state index contributed by atoms with van der Waals surface area (Å²) in [5, 5.41) is 0.286. The lowest BCUT2D eigenvalue weighted by atomic mass is 9.99. The van der Waals surface area contributed by atoms with Crippen LogP contribution in [0.5, 0.6) is 11.5 Å². The fourth-order valence-corrected chi connectivity index (χ4v) is 4.69. The summed E-state index contributed by atoms with van der Waals surface area (Å²) in [7, 11) is 3.40. The van der Waals surface area contributed by atoms with E-state index in [1.54, 1.807) is 14.2 Å². The van der Waals surface area contributed by atoms with Crippen LogP contribution in [0.1, 0.15) is 28.4 Å². The molecule has 1 aliphatic rings. The van der Waals surface area contributed by atoms with Gasteiger partial charge in [-0.15, -0.1) is 11.8 Å². The summed E-state index contributed by atoms with van der Waals surface area (Å²) in [5.41, 5.74) is 5.71. The van der Waals surface area contributed by atoms with Gasteiger partial charge in [0.2, 0.25) is 0 Å². The van der Waals surface area contributed by atoms with Crippen LogP contribution in [0.25, 0.3) is 0 Å². The van der Waals surface area contributed by atoms with Crippen LogP contribution in [0.15, 0.2) is 76.6 Å². The lowest BCUT2D eigenvalue weighted by molar-refractivity contribution is 0.411. The van der Waals surface area contributed by atoms with Crippen LogP contribution in [0.4, 0.5) is 5.69 Å². The van der Waals surface area contributed by atoms with Crippen molar-refractivity contribution in [2.45, 2.75) is 23.5 Å². The van der Waals surface area contributed by atoms with E-state index in [-0.39, 0.29) is 5.25 Å². The molecule has 1 atom stereocenters. The molecule has 4 heteroatoms. The maximum atomic E-state index is 5.44. The number of aryl methyl sites for hydroxylation is 1. The predicted molar refractivity (Wildman–Crippen MR) is 117 cm³/mol. The molecule has 0 N–H and O–H groups in total. The molecule has 0 saturated heterocycles. The molecule has 0 aromatic heterocycles. The Morgan fingerprint density at radius 3 is 2.43 bits per heavy atom. The number of thioether (sulfide) groups is 1. The van der Waals surface area contributed by atoms with Gasteiger partial charge in [-0.25, -0.2) is 0 Å². The summed E-state index contributed by atoms with van der Waals surface area (Å²) in [6, 6.07) is 23.0. The van der Waals surface area contributed by atoms with Gasteiger partial charge >= 0.3 is 0 Å². The number of para-hydroxylation sites is 1. The second-order valence-corrected chi connectivity index (χ2v) is 8.04. The first kappa shape index (κ1) is 18.6. The topological polar surface area (TPSA) is 30.8 Å². The van der Waals surface area contributed by atoms with Gasteiger partial charge in [0.05, 0.1) is 19.9 Å². The van der Waals surface area contributed by atoms with Crippen molar-refractivity contribution in [3.63, 3.8) is 0 Å². The second-order valence-electron chi connectivity index (χ2n) is 6.79. The first-order chi connectivity index (χ1) is 13.7. The molecular weight excluding hydrogens is 366 g/mol. The predicted octanol–water partition coefficient (Wildman–Crippen LogP) is 6.37. The number of benzene rings is 3. The molecular formula is C24H23NO2S. The highest BCUT2D eigenvalue weighted by atomic mass is 32.2. The minimum Gasteiger partial charge on any atom is -0.497 e. The fourth-order valence-electron chi connectivity index (χ4n) is 3.46. The molecule has 28 heavy (non-hydrogen) atoms. The van der Waals surface area contributed by atoms with E-state index >= 15 is 0 Å². The number of fused-ring (bicyclic) bond motifs is 1. The van der Waals surface area contributed by atoms with Crippen LogP contribution in [0.2, 0.25) is 0 Å². The Morgan fingerprint density at radius 1 is 0.929 bits per heavy atom. The maximum Gasteiger partial charge on any atom is 0.121 e. The summed E-state index contributed by atoms with van der Waals surface area (Å²) in [4.78, 5) is 6.24. The molecule has 0 saturated carbocycles. The van der Waals surface area contributed by atoms with E-state index in [1.807, 2.05) is 30.0 Å². The Kier molecular flexibility index (Phi) is 5.40. The second kappa shape index (κ2) is 8.11. The Balaban J connectivity index is 1.75. The SMILES string of the molecule is COc1ccc(C2=Nc3ccccc3SC(c3ccc(OC)c(C)c3)C2)cc1. The van der Waals surface area contributed by atoms with Gasteiger partial charge in [0.1, 0.15) is 11.5 Å². The Labute approximate surface area is 170 Å². The lowest BCUT2D eigenvalue weighted by Gasteiger charge is -2.18. The zero-order valence-corrected chi connectivity index (χ0v) is 17.1. The van der Waals surface area contributed by atoms with Crippen LogP contribution >= 0.6 is 11.8 Å². The van der Waals surface area contributed by atoms with Crippen molar-refractivity contribution in [1.82, 2.24) is 0 Å². The van der Waals surface area contributed by atoms with Crippen molar-refractivity contribution >= 4 is 23.2 Å². The highest BCUT2D eigenvalue weighted by Gasteiger charge is 2.23. The summed E-state index contributed by atoms with van der Waals surface area (Å²) >= 11 is 1.88. The molecule has 0 bridgehead atoms. The van der Waals surface area contributed by atoms with Gasteiger partial charge in [0, 0.05) is 22.3 Å². The van der Waals surface area contributed by atoms with Gasteiger partial charge in [0.15, 0.2) is 0 Å². The molecule has 0 fully saturated rings. The van der Waals surface area contributed by atoms with E-state index < -0.39 is 0 Å². The largest absolute Gasteiger partial charge is 0.497 e. The van der Waals surface area contributed by atoms with E-state index in [1.165, 1.54) is 10.5 Å². The third-order valence-corrected chi connectivity index (χ3v) is 6.31. The van der Waals surface area contributed by atoms with Gasteiger partial charge in [-0.2, -0.15) is 0 Å². The maximum absolute atomic E-state index is 5.44. The smallest absolute Gasteiger partial charge is 0.121 e. The molecule has 4 rings (SSSR count). The number of hydrogen-bond acceptors (Lipinski definition) is 4. The van der Waals surface area contributed by atoms with Crippen LogP contribution in [0.3, 0.4) is 0 Å². The summed E-state index contributed by atoms with van der Waals surface area (Å²) in [6.45, 7) is 2.09. The van der Waals surface area contributed by atoms with Crippen molar-refractivity contribution in [2.24, 2.45) is 4.99 Å². The molecule has 0 spiro atoms. The number of ether oxygens (including phenoxy) is 2. The van der Waals surface area contributed by atoms with Crippen molar-refractivity contribution in [1.29, 1.82) is 0 Å². The Bertz CT molecular complexity index is 1010. The van der Waals surface area contributed by atoms with Crippen molar-refractivity contribution < 1.29 is 9.47 Å². The average Bonchev–Trinajstić information content (AvgIpc) is 2.93.